The number of rotatable bonds is 3. The number of carbonyl (C=O) groups is 2. The average Bonchev–Trinajstić information content (AvgIpc) is 2.38. The van der Waals surface area contributed by atoms with Crippen molar-refractivity contribution in [1.82, 2.24) is 9.88 Å². The van der Waals surface area contributed by atoms with Crippen LogP contribution in [0.25, 0.3) is 0 Å². The van der Waals surface area contributed by atoms with Crippen LogP contribution < -0.4 is 0 Å². The Hall–Kier alpha value is -1.63. The van der Waals surface area contributed by atoms with Crippen LogP contribution in [0, 0.1) is 5.82 Å². The molecule has 1 aromatic heterocycles. The van der Waals surface area contributed by atoms with Gasteiger partial charge in [0.1, 0.15) is 0 Å². The van der Waals surface area contributed by atoms with Gasteiger partial charge in [-0.2, -0.15) is 11.8 Å². The first-order chi connectivity index (χ1) is 9.09. The van der Waals surface area contributed by atoms with Gasteiger partial charge in [-0.25, -0.2) is 4.39 Å². The van der Waals surface area contributed by atoms with Crippen LogP contribution in [0.15, 0.2) is 18.5 Å². The fraction of sp³-hybridized carbons (Fsp3) is 0.417. The SMILES string of the molecule is O=C(O)CC1CSCCN1C(=O)c1ccncc1F. The van der Waals surface area contributed by atoms with Crippen molar-refractivity contribution in [1.29, 1.82) is 0 Å². The highest BCUT2D eigenvalue weighted by molar-refractivity contribution is 7.99. The van der Waals surface area contributed by atoms with Gasteiger partial charge in [0.25, 0.3) is 5.91 Å². The molecule has 1 aliphatic rings. The second-order valence-electron chi connectivity index (χ2n) is 4.18. The number of amides is 1. The normalized spacial score (nSPS) is 19.2. The van der Waals surface area contributed by atoms with Crippen molar-refractivity contribution in [3.8, 4) is 0 Å². The molecule has 1 saturated heterocycles. The number of hydrogen-bond donors (Lipinski definition) is 1. The lowest BCUT2D eigenvalue weighted by molar-refractivity contribution is -0.138. The first-order valence-electron chi connectivity index (χ1n) is 5.79. The molecule has 1 aliphatic heterocycles. The minimum absolute atomic E-state index is 0.0581. The second-order valence-corrected chi connectivity index (χ2v) is 5.33. The number of carbonyl (C=O) groups excluding carboxylic acids is 1. The number of thioether (sulfide) groups is 1. The minimum atomic E-state index is -0.958. The first kappa shape index (κ1) is 13.8. The standard InChI is InChI=1S/C12H13FN2O3S/c13-10-6-14-2-1-9(10)12(18)15-3-4-19-7-8(15)5-11(16)17/h1-2,6,8H,3-5,7H2,(H,16,17). The van der Waals surface area contributed by atoms with E-state index < -0.39 is 23.7 Å². The lowest BCUT2D eigenvalue weighted by Gasteiger charge is -2.34. The minimum Gasteiger partial charge on any atom is -0.481 e. The molecule has 1 N–H and O–H groups in total. The summed E-state index contributed by atoms with van der Waals surface area (Å²) in [5.41, 5.74) is -0.0581. The van der Waals surface area contributed by atoms with Gasteiger partial charge in [-0.3, -0.25) is 14.6 Å². The van der Waals surface area contributed by atoms with Crippen molar-refractivity contribution in [2.24, 2.45) is 0 Å². The van der Waals surface area contributed by atoms with Gasteiger partial charge in [0.05, 0.1) is 24.2 Å². The zero-order chi connectivity index (χ0) is 13.8. The molecule has 2 heterocycles. The molecule has 1 aromatic rings. The van der Waals surface area contributed by atoms with Crippen LogP contribution in [0.2, 0.25) is 0 Å². The molecule has 0 bridgehead atoms. The van der Waals surface area contributed by atoms with Crippen LogP contribution in [-0.2, 0) is 4.79 Å². The zero-order valence-corrected chi connectivity index (χ0v) is 10.9. The van der Waals surface area contributed by atoms with Crippen molar-refractivity contribution < 1.29 is 19.1 Å². The van der Waals surface area contributed by atoms with Gasteiger partial charge in [-0.15, -0.1) is 0 Å². The molecule has 0 aliphatic carbocycles. The van der Waals surface area contributed by atoms with Crippen LogP contribution in [0.1, 0.15) is 16.8 Å². The fourth-order valence-electron chi connectivity index (χ4n) is 2.00. The van der Waals surface area contributed by atoms with E-state index >= 15 is 0 Å². The zero-order valence-electron chi connectivity index (χ0n) is 10.1. The molecule has 1 amide bonds. The number of nitrogens with zero attached hydrogens (tertiary/aromatic N) is 2. The van der Waals surface area contributed by atoms with E-state index in [0.29, 0.717) is 12.3 Å². The molecule has 2 rings (SSSR count). The lowest BCUT2D eigenvalue weighted by atomic mass is 10.1. The molecule has 0 spiro atoms. The number of aliphatic carboxylic acids is 1. The molecule has 19 heavy (non-hydrogen) atoms. The number of aromatic nitrogens is 1. The Morgan fingerprint density at radius 2 is 2.37 bits per heavy atom. The Bertz CT molecular complexity index is 498. The van der Waals surface area contributed by atoms with Crippen LogP contribution in [0.4, 0.5) is 4.39 Å². The molecular weight excluding hydrogens is 271 g/mol. The molecule has 1 fully saturated rings. The Morgan fingerprint density at radius 3 is 3.05 bits per heavy atom. The van der Waals surface area contributed by atoms with Crippen molar-refractivity contribution >= 4 is 23.6 Å². The van der Waals surface area contributed by atoms with Crippen LogP contribution in [-0.4, -0.2) is 51.0 Å². The van der Waals surface area contributed by atoms with Crippen LogP contribution in [0.3, 0.4) is 0 Å². The molecule has 0 aromatic carbocycles. The summed E-state index contributed by atoms with van der Waals surface area (Å²) in [7, 11) is 0. The third-order valence-electron chi connectivity index (χ3n) is 2.90. The summed E-state index contributed by atoms with van der Waals surface area (Å²) in [5, 5.41) is 8.86. The van der Waals surface area contributed by atoms with E-state index in [4.69, 9.17) is 5.11 Å². The van der Waals surface area contributed by atoms with Crippen molar-refractivity contribution in [2.45, 2.75) is 12.5 Å². The summed E-state index contributed by atoms with van der Waals surface area (Å²) >= 11 is 1.60. The second kappa shape index (κ2) is 6.01. The third-order valence-corrected chi connectivity index (χ3v) is 3.99. The van der Waals surface area contributed by atoms with Gasteiger partial charge in [0, 0.05) is 24.2 Å². The topological polar surface area (TPSA) is 70.5 Å². The summed E-state index contributed by atoms with van der Waals surface area (Å²) in [6, 6.07) is 0.924. The van der Waals surface area contributed by atoms with E-state index in [1.807, 2.05) is 0 Å². The Kier molecular flexibility index (Phi) is 4.36. The van der Waals surface area contributed by atoms with Gasteiger partial charge in [-0.1, -0.05) is 0 Å². The molecule has 0 radical (unpaired) electrons. The van der Waals surface area contributed by atoms with Gasteiger partial charge in [-0.05, 0) is 6.07 Å². The predicted molar refractivity (Wildman–Crippen MR) is 68.6 cm³/mol. The van der Waals surface area contributed by atoms with Gasteiger partial charge >= 0.3 is 5.97 Å². The Balaban J connectivity index is 2.20. The summed E-state index contributed by atoms with van der Waals surface area (Å²) in [6.07, 6.45) is 2.21. The van der Waals surface area contributed by atoms with Crippen LogP contribution in [0.5, 0.6) is 0 Å². The van der Waals surface area contributed by atoms with Gasteiger partial charge in [0.15, 0.2) is 5.82 Å². The lowest BCUT2D eigenvalue weighted by Crippen LogP contribution is -2.47. The first-order valence-corrected chi connectivity index (χ1v) is 6.95. The fourth-order valence-corrected chi connectivity index (χ4v) is 3.06. The summed E-state index contributed by atoms with van der Waals surface area (Å²) in [6.45, 7) is 0.434. The molecule has 0 saturated carbocycles. The van der Waals surface area contributed by atoms with Crippen LogP contribution >= 0.6 is 11.8 Å². The van der Waals surface area contributed by atoms with E-state index in [1.54, 1.807) is 11.8 Å². The molecule has 5 nitrogen and oxygen atoms in total. The number of carboxylic acids is 1. The number of hydrogen-bond acceptors (Lipinski definition) is 4. The third kappa shape index (κ3) is 3.23. The average molecular weight is 284 g/mol. The number of carboxylic acid groups (broad SMARTS) is 1. The molecular formula is C12H13FN2O3S. The Labute approximate surface area is 113 Å². The van der Waals surface area contributed by atoms with E-state index in [1.165, 1.54) is 17.2 Å². The molecule has 7 heteroatoms. The van der Waals surface area contributed by atoms with Crippen molar-refractivity contribution in [2.75, 3.05) is 18.1 Å². The predicted octanol–water partition coefficient (Wildman–Crippen LogP) is 1.25. The van der Waals surface area contributed by atoms with Crippen molar-refractivity contribution in [3.63, 3.8) is 0 Å². The maximum Gasteiger partial charge on any atom is 0.305 e. The Morgan fingerprint density at radius 1 is 1.58 bits per heavy atom. The van der Waals surface area contributed by atoms with E-state index in [2.05, 4.69) is 4.98 Å². The highest BCUT2D eigenvalue weighted by Gasteiger charge is 2.30. The number of halogens is 1. The maximum atomic E-state index is 13.6. The summed E-state index contributed by atoms with van der Waals surface area (Å²) in [5.74, 6) is -0.814. The summed E-state index contributed by atoms with van der Waals surface area (Å²) < 4.78 is 13.6. The molecule has 102 valence electrons. The quantitative estimate of drug-likeness (QED) is 0.904. The highest BCUT2D eigenvalue weighted by Crippen LogP contribution is 2.22. The largest absolute Gasteiger partial charge is 0.481 e. The van der Waals surface area contributed by atoms with Gasteiger partial charge < -0.3 is 10.0 Å². The smallest absolute Gasteiger partial charge is 0.305 e. The monoisotopic (exact) mass is 284 g/mol. The van der Waals surface area contributed by atoms with E-state index in [9.17, 15) is 14.0 Å². The molecule has 1 unspecified atom stereocenters. The van der Waals surface area contributed by atoms with E-state index in [0.717, 1.165) is 11.9 Å². The highest BCUT2D eigenvalue weighted by atomic mass is 32.2. The van der Waals surface area contributed by atoms with E-state index in [-0.39, 0.29) is 12.0 Å². The van der Waals surface area contributed by atoms with Crippen molar-refractivity contribution in [3.05, 3.63) is 29.8 Å². The maximum absolute atomic E-state index is 13.6. The molecule has 1 atom stereocenters. The van der Waals surface area contributed by atoms with Gasteiger partial charge in [0.2, 0.25) is 0 Å². The number of pyridine rings is 1. The summed E-state index contributed by atoms with van der Waals surface area (Å²) in [4.78, 5) is 28.1.